The van der Waals surface area contributed by atoms with Gasteiger partial charge in [0.1, 0.15) is 23.7 Å². The third-order valence-electron chi connectivity index (χ3n) is 7.69. The van der Waals surface area contributed by atoms with Gasteiger partial charge in [-0.3, -0.25) is 14.4 Å². The molecule has 0 aliphatic carbocycles. The highest BCUT2D eigenvalue weighted by atomic mass is 35.5. The molecule has 5 rings (SSSR count). The van der Waals surface area contributed by atoms with Crippen LogP contribution in [0.25, 0.3) is 0 Å². The first-order chi connectivity index (χ1) is 19.1. The second kappa shape index (κ2) is 11.1. The van der Waals surface area contributed by atoms with Gasteiger partial charge in [0.15, 0.2) is 0 Å². The maximum Gasteiger partial charge on any atom is 0.387 e. The average molecular weight is 572 g/mol. The van der Waals surface area contributed by atoms with Crippen LogP contribution in [0.4, 0.5) is 8.78 Å². The topological polar surface area (TPSA) is 115 Å². The number of benzene rings is 2. The zero-order valence-corrected chi connectivity index (χ0v) is 22.6. The minimum Gasteiger partial charge on any atom is -0.435 e. The molecular formula is C28H28ClF2N5O4. The van der Waals surface area contributed by atoms with Gasteiger partial charge >= 0.3 is 6.61 Å². The van der Waals surface area contributed by atoms with Gasteiger partial charge in [0, 0.05) is 31.1 Å². The van der Waals surface area contributed by atoms with Crippen molar-refractivity contribution in [2.24, 2.45) is 0 Å². The normalized spacial score (nSPS) is 20.6. The molecular weight excluding hydrogens is 544 g/mol. The minimum atomic E-state index is -2.93. The van der Waals surface area contributed by atoms with Gasteiger partial charge in [-0.05, 0) is 49.2 Å². The van der Waals surface area contributed by atoms with Crippen molar-refractivity contribution in [1.82, 2.24) is 19.6 Å². The number of amides is 1. The van der Waals surface area contributed by atoms with Crippen molar-refractivity contribution >= 4 is 17.5 Å². The van der Waals surface area contributed by atoms with Gasteiger partial charge in [0.25, 0.3) is 5.91 Å². The van der Waals surface area contributed by atoms with Gasteiger partial charge < -0.3 is 19.8 Å². The third-order valence-corrected chi connectivity index (χ3v) is 8.02. The van der Waals surface area contributed by atoms with Crippen LogP contribution in [0.2, 0.25) is 5.02 Å². The Kier molecular flexibility index (Phi) is 7.79. The highest BCUT2D eigenvalue weighted by molar-refractivity contribution is 6.31. The lowest BCUT2D eigenvalue weighted by molar-refractivity contribution is -0.0498. The molecule has 9 nitrogen and oxygen atoms in total. The van der Waals surface area contributed by atoms with Crippen LogP contribution in [0.5, 0.6) is 5.75 Å². The van der Waals surface area contributed by atoms with Crippen LogP contribution < -0.4 is 4.74 Å². The Hall–Kier alpha value is -3.56. The molecule has 12 heteroatoms. The smallest absolute Gasteiger partial charge is 0.387 e. The minimum absolute atomic E-state index is 0.0200. The lowest BCUT2D eigenvalue weighted by atomic mass is 9.96. The maximum absolute atomic E-state index is 13.9. The fraction of sp³-hybridized carbons (Fsp3) is 0.393. The van der Waals surface area contributed by atoms with E-state index in [-0.39, 0.29) is 43.0 Å². The number of fused-ring (bicyclic) bond motifs is 3. The number of rotatable bonds is 7. The first kappa shape index (κ1) is 28.0. The molecule has 40 heavy (non-hydrogen) atoms. The van der Waals surface area contributed by atoms with E-state index >= 15 is 0 Å². The first-order valence-corrected chi connectivity index (χ1v) is 13.2. The van der Waals surface area contributed by atoms with Gasteiger partial charge in [-0.2, -0.15) is 19.1 Å². The molecule has 1 aromatic heterocycles. The predicted molar refractivity (Wildman–Crippen MR) is 141 cm³/mol. The largest absolute Gasteiger partial charge is 0.435 e. The number of aromatic nitrogens is 2. The molecule has 0 radical (unpaired) electrons. The quantitative estimate of drug-likeness (QED) is 0.437. The van der Waals surface area contributed by atoms with E-state index in [1.807, 2.05) is 24.8 Å². The van der Waals surface area contributed by atoms with Crippen molar-refractivity contribution in [3.05, 3.63) is 81.1 Å². The van der Waals surface area contributed by atoms with Crippen molar-refractivity contribution in [1.29, 1.82) is 5.26 Å². The van der Waals surface area contributed by atoms with Crippen LogP contribution in [0.1, 0.15) is 70.6 Å². The van der Waals surface area contributed by atoms with Crippen LogP contribution in [0.3, 0.4) is 0 Å². The fourth-order valence-corrected chi connectivity index (χ4v) is 5.64. The Balaban J connectivity index is 1.45. The molecule has 0 spiro atoms. The Labute approximate surface area is 234 Å². The summed E-state index contributed by atoms with van der Waals surface area (Å²) in [6.45, 7) is 1.05. The van der Waals surface area contributed by atoms with E-state index in [0.717, 1.165) is 11.3 Å². The summed E-state index contributed by atoms with van der Waals surface area (Å²) in [7, 11) is 0. The number of nitrogens with zero attached hydrogens (tertiary/aromatic N) is 5. The Morgan fingerprint density at radius 1 is 1.23 bits per heavy atom. The molecule has 1 unspecified atom stereocenters. The molecule has 210 valence electrons. The number of carbonyl (C=O) groups is 1. The highest BCUT2D eigenvalue weighted by Crippen LogP contribution is 2.37. The third kappa shape index (κ3) is 5.04. The summed E-state index contributed by atoms with van der Waals surface area (Å²) in [5.41, 5.74) is 3.23. The van der Waals surface area contributed by atoms with Gasteiger partial charge in [0.2, 0.25) is 0 Å². The van der Waals surface area contributed by atoms with Crippen molar-refractivity contribution in [2.45, 2.75) is 57.8 Å². The number of carbonyl (C=O) groups excluding carboxylic acids is 1. The van der Waals surface area contributed by atoms with E-state index < -0.39 is 24.9 Å². The zero-order chi connectivity index (χ0) is 28.7. The number of hydrogen-bond acceptors (Lipinski definition) is 7. The van der Waals surface area contributed by atoms with E-state index in [2.05, 4.69) is 4.74 Å². The summed E-state index contributed by atoms with van der Waals surface area (Å²) in [5, 5.41) is 35.9. The molecule has 2 aromatic carbocycles. The van der Waals surface area contributed by atoms with Gasteiger partial charge in [0.05, 0.1) is 35.0 Å². The molecule has 2 aliphatic rings. The van der Waals surface area contributed by atoms with E-state index in [1.54, 1.807) is 39.9 Å². The predicted octanol–water partition coefficient (Wildman–Crippen LogP) is 4.20. The lowest BCUT2D eigenvalue weighted by Gasteiger charge is -2.39. The summed E-state index contributed by atoms with van der Waals surface area (Å²) >= 11 is 6.07. The lowest BCUT2D eigenvalue weighted by Crippen LogP contribution is -2.46. The Bertz CT molecular complexity index is 1460. The maximum atomic E-state index is 13.9. The molecule has 0 saturated carbocycles. The molecule has 4 atom stereocenters. The summed E-state index contributed by atoms with van der Waals surface area (Å²) in [6, 6.07) is 11.9. The number of ether oxygens (including phenoxy) is 1. The number of halogens is 3. The summed E-state index contributed by atoms with van der Waals surface area (Å²) in [5.74, 6) is -0.257. The van der Waals surface area contributed by atoms with Crippen LogP contribution in [0.15, 0.2) is 42.5 Å². The fourth-order valence-electron chi connectivity index (χ4n) is 5.48. The van der Waals surface area contributed by atoms with Crippen molar-refractivity contribution in [3.63, 3.8) is 0 Å². The van der Waals surface area contributed by atoms with Crippen molar-refractivity contribution in [2.75, 3.05) is 13.2 Å². The van der Waals surface area contributed by atoms with Crippen LogP contribution in [0, 0.1) is 11.3 Å². The summed E-state index contributed by atoms with van der Waals surface area (Å²) < 4.78 is 31.1. The number of nitriles is 1. The standard InChI is InChI=1S/C28H28ClF2N5O4/c1-15-9-24-22(13-34(15)26(38)18-5-8-23(29)19(10-18)11-32)25-27(39)35(12-20(14-37)36(25)33-24)16(2)17-3-6-21(7-4-17)40-28(30)31/h3-8,10,15-16,20,26,28,37-38H,9,12-14H2,1-2H3/t15-,16+,20+,26?/m1/s1. The summed E-state index contributed by atoms with van der Waals surface area (Å²) in [4.78, 5) is 17.4. The number of hydrogen-bond donors (Lipinski definition) is 2. The van der Waals surface area contributed by atoms with E-state index in [1.165, 1.54) is 12.1 Å². The Morgan fingerprint density at radius 2 is 1.93 bits per heavy atom. The summed E-state index contributed by atoms with van der Waals surface area (Å²) in [6.07, 6.45) is -0.586. The van der Waals surface area contributed by atoms with E-state index in [9.17, 15) is 29.1 Å². The SMILES string of the molecule is C[C@@H]1Cc2nn3c(c2CN1C(O)c1ccc(Cl)c(C#N)c1)C(=O)N([C@@H](C)c1ccc(OC(F)F)cc1)C[C@H]3CO. The molecule has 3 heterocycles. The molecule has 0 fully saturated rings. The molecule has 2 N–H and O–H groups in total. The second-order valence-electron chi connectivity index (χ2n) is 10.1. The van der Waals surface area contributed by atoms with Crippen molar-refractivity contribution in [3.8, 4) is 11.8 Å². The number of aliphatic hydroxyl groups excluding tert-OH is 2. The Morgan fingerprint density at radius 3 is 2.58 bits per heavy atom. The monoisotopic (exact) mass is 571 g/mol. The van der Waals surface area contributed by atoms with Crippen LogP contribution >= 0.6 is 11.6 Å². The molecule has 3 aromatic rings. The molecule has 1 amide bonds. The second-order valence-corrected chi connectivity index (χ2v) is 10.5. The van der Waals surface area contributed by atoms with Crippen LogP contribution in [-0.2, 0) is 13.0 Å². The van der Waals surface area contributed by atoms with Gasteiger partial charge in [-0.15, -0.1) is 0 Å². The number of aliphatic hydroxyl groups is 2. The first-order valence-electron chi connectivity index (χ1n) is 12.8. The zero-order valence-electron chi connectivity index (χ0n) is 21.8. The number of alkyl halides is 2. The highest BCUT2D eigenvalue weighted by Gasteiger charge is 2.41. The molecule has 0 saturated heterocycles. The van der Waals surface area contributed by atoms with E-state index in [0.29, 0.717) is 28.3 Å². The molecule has 0 bridgehead atoms. The van der Waals surface area contributed by atoms with Crippen LogP contribution in [-0.4, -0.2) is 61.5 Å². The van der Waals surface area contributed by atoms with Gasteiger partial charge in [-0.1, -0.05) is 29.8 Å². The van der Waals surface area contributed by atoms with E-state index in [4.69, 9.17) is 16.7 Å². The van der Waals surface area contributed by atoms with Crippen molar-refractivity contribution < 1.29 is 28.5 Å². The average Bonchev–Trinajstić information content (AvgIpc) is 3.31. The molecule has 2 aliphatic heterocycles. The van der Waals surface area contributed by atoms with Gasteiger partial charge in [-0.25, -0.2) is 0 Å².